The van der Waals surface area contributed by atoms with Gasteiger partial charge in [0.2, 0.25) is 0 Å². The summed E-state index contributed by atoms with van der Waals surface area (Å²) in [6.07, 6.45) is -3.58. The van der Waals surface area contributed by atoms with Crippen LogP contribution in [0, 0.1) is 0 Å². The molecule has 0 spiro atoms. The highest BCUT2D eigenvalue weighted by atomic mass is 32.1. The third-order valence-corrected chi connectivity index (χ3v) is 5.16. The van der Waals surface area contributed by atoms with Crippen molar-refractivity contribution < 1.29 is 13.2 Å². The third-order valence-electron chi connectivity index (χ3n) is 4.13. The van der Waals surface area contributed by atoms with Gasteiger partial charge in [-0.3, -0.25) is 0 Å². The Bertz CT molecular complexity index is 870. The van der Waals surface area contributed by atoms with E-state index in [1.165, 1.54) is 16.5 Å². The first-order valence-corrected chi connectivity index (χ1v) is 8.17. The third kappa shape index (κ3) is 2.57. The van der Waals surface area contributed by atoms with E-state index in [-0.39, 0.29) is 0 Å². The van der Waals surface area contributed by atoms with Gasteiger partial charge in [0.05, 0.1) is 5.52 Å². The molecule has 6 heteroatoms. The molecule has 0 bridgehead atoms. The largest absolute Gasteiger partial charge is 0.433 e. The van der Waals surface area contributed by atoms with Crippen LogP contribution >= 0.6 is 11.3 Å². The number of pyridine rings is 1. The number of benzene rings is 1. The molecule has 3 aromatic rings. The van der Waals surface area contributed by atoms with Crippen LogP contribution in [0.25, 0.3) is 10.9 Å². The smallest absolute Gasteiger partial charge is 0.366 e. The number of anilines is 1. The Hall–Kier alpha value is -2.08. The second-order valence-corrected chi connectivity index (χ2v) is 6.58. The van der Waals surface area contributed by atoms with Gasteiger partial charge in [0.1, 0.15) is 5.69 Å². The van der Waals surface area contributed by atoms with E-state index >= 15 is 0 Å². The Morgan fingerprint density at radius 1 is 1.13 bits per heavy atom. The molecule has 0 saturated carbocycles. The summed E-state index contributed by atoms with van der Waals surface area (Å²) in [5.74, 6) is 0. The molecule has 2 nitrogen and oxygen atoms in total. The van der Waals surface area contributed by atoms with E-state index in [0.29, 0.717) is 17.7 Å². The number of halogens is 3. The number of hydrogen-bond donors (Lipinski definition) is 0. The van der Waals surface area contributed by atoms with Gasteiger partial charge in [-0.25, -0.2) is 4.98 Å². The Morgan fingerprint density at radius 3 is 2.78 bits per heavy atom. The van der Waals surface area contributed by atoms with Crippen LogP contribution in [-0.2, 0) is 19.1 Å². The SMILES string of the molecule is FC(F)(F)c1cc(N2CCc3sccc3C2)c2ccccc2n1. The van der Waals surface area contributed by atoms with Crippen molar-refractivity contribution in [1.82, 2.24) is 4.98 Å². The highest BCUT2D eigenvalue weighted by molar-refractivity contribution is 7.10. The van der Waals surface area contributed by atoms with Gasteiger partial charge in [-0.2, -0.15) is 13.2 Å². The van der Waals surface area contributed by atoms with E-state index < -0.39 is 11.9 Å². The molecular weight excluding hydrogens is 321 g/mol. The van der Waals surface area contributed by atoms with Crippen LogP contribution in [0.2, 0.25) is 0 Å². The maximum Gasteiger partial charge on any atom is 0.433 e. The molecule has 0 amide bonds. The van der Waals surface area contributed by atoms with Crippen LogP contribution in [0.4, 0.5) is 18.9 Å². The van der Waals surface area contributed by atoms with E-state index in [1.54, 1.807) is 23.5 Å². The molecule has 0 unspecified atom stereocenters. The van der Waals surface area contributed by atoms with E-state index in [1.807, 2.05) is 22.4 Å². The first kappa shape index (κ1) is 14.5. The minimum absolute atomic E-state index is 0.383. The second-order valence-electron chi connectivity index (χ2n) is 5.58. The fourth-order valence-electron chi connectivity index (χ4n) is 3.02. The number of nitrogens with zero attached hydrogens (tertiary/aromatic N) is 2. The van der Waals surface area contributed by atoms with Crippen molar-refractivity contribution in [3.63, 3.8) is 0 Å². The van der Waals surface area contributed by atoms with Crippen molar-refractivity contribution in [2.24, 2.45) is 0 Å². The topological polar surface area (TPSA) is 16.1 Å². The molecule has 118 valence electrons. The number of aromatic nitrogens is 1. The highest BCUT2D eigenvalue weighted by Gasteiger charge is 2.34. The lowest BCUT2D eigenvalue weighted by Gasteiger charge is -2.30. The molecule has 1 aliphatic heterocycles. The monoisotopic (exact) mass is 334 g/mol. The zero-order chi connectivity index (χ0) is 16.0. The Balaban J connectivity index is 1.85. The van der Waals surface area contributed by atoms with Crippen molar-refractivity contribution in [3.05, 3.63) is 57.9 Å². The van der Waals surface area contributed by atoms with E-state index in [4.69, 9.17) is 0 Å². The molecule has 1 aliphatic rings. The molecule has 0 aliphatic carbocycles. The van der Waals surface area contributed by atoms with Crippen LogP contribution in [0.15, 0.2) is 41.8 Å². The lowest BCUT2D eigenvalue weighted by Crippen LogP contribution is -2.30. The predicted octanol–water partition coefficient (Wildman–Crippen LogP) is 4.88. The lowest BCUT2D eigenvalue weighted by molar-refractivity contribution is -0.140. The molecule has 0 N–H and O–H groups in total. The van der Waals surface area contributed by atoms with Crippen molar-refractivity contribution in [2.75, 3.05) is 11.4 Å². The normalized spacial score (nSPS) is 15.0. The minimum atomic E-state index is -4.44. The Morgan fingerprint density at radius 2 is 1.96 bits per heavy atom. The van der Waals surface area contributed by atoms with E-state index in [2.05, 4.69) is 11.1 Å². The summed E-state index contributed by atoms with van der Waals surface area (Å²) in [4.78, 5) is 7.14. The summed E-state index contributed by atoms with van der Waals surface area (Å²) >= 11 is 1.71. The molecular formula is C17H13F3N2S. The van der Waals surface area contributed by atoms with Crippen molar-refractivity contribution in [2.45, 2.75) is 19.1 Å². The number of fused-ring (bicyclic) bond motifs is 2. The summed E-state index contributed by atoms with van der Waals surface area (Å²) in [6, 6.07) is 10.3. The predicted molar refractivity (Wildman–Crippen MR) is 85.8 cm³/mol. The van der Waals surface area contributed by atoms with Gasteiger partial charge in [0, 0.05) is 29.0 Å². The quantitative estimate of drug-likeness (QED) is 0.631. The maximum absolute atomic E-state index is 13.2. The standard InChI is InChI=1S/C17H13F3N2S/c18-17(19,20)16-9-14(12-3-1-2-4-13(12)21-16)22-7-5-15-11(10-22)6-8-23-15/h1-4,6,8-9H,5,7,10H2. The first-order valence-electron chi connectivity index (χ1n) is 7.29. The molecule has 2 aromatic heterocycles. The molecule has 0 atom stereocenters. The molecule has 1 aromatic carbocycles. The zero-order valence-corrected chi connectivity index (χ0v) is 12.9. The van der Waals surface area contributed by atoms with Crippen molar-refractivity contribution in [3.8, 4) is 0 Å². The van der Waals surface area contributed by atoms with Gasteiger partial charge in [0.25, 0.3) is 0 Å². The average molecular weight is 334 g/mol. The first-order chi connectivity index (χ1) is 11.0. The van der Waals surface area contributed by atoms with Crippen LogP contribution in [-0.4, -0.2) is 11.5 Å². The number of rotatable bonds is 1. The number of thiophene rings is 1. The van der Waals surface area contributed by atoms with Gasteiger partial charge < -0.3 is 4.90 Å². The fourth-order valence-corrected chi connectivity index (χ4v) is 3.91. The van der Waals surface area contributed by atoms with E-state index in [0.717, 1.165) is 18.4 Å². The van der Waals surface area contributed by atoms with Gasteiger partial charge in [-0.15, -0.1) is 11.3 Å². The summed E-state index contributed by atoms with van der Waals surface area (Å²) < 4.78 is 39.5. The summed E-state index contributed by atoms with van der Waals surface area (Å²) in [5, 5.41) is 2.80. The molecule has 4 rings (SSSR count). The maximum atomic E-state index is 13.2. The summed E-state index contributed by atoms with van der Waals surface area (Å²) in [7, 11) is 0. The van der Waals surface area contributed by atoms with Gasteiger partial charge in [-0.05, 0) is 35.6 Å². The number of hydrogen-bond acceptors (Lipinski definition) is 3. The summed E-state index contributed by atoms with van der Waals surface area (Å²) in [6.45, 7) is 1.36. The second kappa shape index (κ2) is 5.23. The minimum Gasteiger partial charge on any atom is -0.366 e. The number of alkyl halides is 3. The highest BCUT2D eigenvalue weighted by Crippen LogP contribution is 2.36. The van der Waals surface area contributed by atoms with E-state index in [9.17, 15) is 13.2 Å². The van der Waals surface area contributed by atoms with Crippen LogP contribution < -0.4 is 4.90 Å². The van der Waals surface area contributed by atoms with Gasteiger partial charge in [0.15, 0.2) is 0 Å². The van der Waals surface area contributed by atoms with Crippen molar-refractivity contribution >= 4 is 27.9 Å². The summed E-state index contributed by atoms with van der Waals surface area (Å²) in [5.41, 5.74) is 1.37. The Labute approximate surface area is 135 Å². The van der Waals surface area contributed by atoms with Crippen LogP contribution in [0.5, 0.6) is 0 Å². The average Bonchev–Trinajstić information content (AvgIpc) is 3.00. The molecule has 0 saturated heterocycles. The fraction of sp³-hybridized carbons (Fsp3) is 0.235. The Kier molecular flexibility index (Phi) is 3.30. The zero-order valence-electron chi connectivity index (χ0n) is 12.1. The van der Waals surface area contributed by atoms with Gasteiger partial charge in [-0.1, -0.05) is 18.2 Å². The lowest BCUT2D eigenvalue weighted by atomic mass is 10.1. The molecule has 0 radical (unpaired) electrons. The molecule has 23 heavy (non-hydrogen) atoms. The van der Waals surface area contributed by atoms with Crippen molar-refractivity contribution in [1.29, 1.82) is 0 Å². The van der Waals surface area contributed by atoms with Crippen LogP contribution in [0.1, 0.15) is 16.1 Å². The molecule has 0 fully saturated rings. The van der Waals surface area contributed by atoms with Crippen LogP contribution in [0.3, 0.4) is 0 Å². The number of para-hydroxylation sites is 1. The molecule has 3 heterocycles. The van der Waals surface area contributed by atoms with Gasteiger partial charge >= 0.3 is 6.18 Å².